The molecule has 5 heteroatoms. The van der Waals surface area contributed by atoms with Crippen LogP contribution in [0.25, 0.3) is 10.4 Å². The van der Waals surface area contributed by atoms with Gasteiger partial charge in [0.15, 0.2) is 0 Å². The van der Waals surface area contributed by atoms with Crippen molar-refractivity contribution < 1.29 is 5.11 Å². The summed E-state index contributed by atoms with van der Waals surface area (Å²) in [7, 11) is 0. The standard InChI is InChI=1S/C17H22ClN3O/c18-16-8-4-5-13(9-16)10-17(22,12-16)11-15(20-21-19)14-6-2-1-3-7-14/h1-3,6-7,13,15,22H,4-5,8-12H2/t13?,15-,16-,17-/m0/s1. The molecule has 0 saturated heterocycles. The first kappa shape index (κ1) is 15.7. The van der Waals surface area contributed by atoms with Gasteiger partial charge in [-0.25, -0.2) is 0 Å². The van der Waals surface area contributed by atoms with E-state index in [9.17, 15) is 5.11 Å². The lowest BCUT2D eigenvalue weighted by Gasteiger charge is -2.49. The van der Waals surface area contributed by atoms with E-state index in [-0.39, 0.29) is 10.9 Å². The van der Waals surface area contributed by atoms with Crippen LogP contribution in [0.15, 0.2) is 35.4 Å². The highest BCUT2D eigenvalue weighted by Crippen LogP contribution is 2.52. The minimum absolute atomic E-state index is 0.270. The molecule has 2 saturated carbocycles. The maximum absolute atomic E-state index is 11.1. The second kappa shape index (κ2) is 6.11. The van der Waals surface area contributed by atoms with Crippen LogP contribution in [-0.2, 0) is 0 Å². The highest BCUT2D eigenvalue weighted by atomic mass is 35.5. The third-order valence-electron chi connectivity index (χ3n) is 5.15. The molecular formula is C17H22ClN3O. The molecule has 2 aliphatic rings. The molecule has 0 spiro atoms. The van der Waals surface area contributed by atoms with Gasteiger partial charge in [-0.1, -0.05) is 48.3 Å². The topological polar surface area (TPSA) is 69.0 Å². The Hall–Kier alpha value is -1.22. The second-order valence-corrected chi connectivity index (χ2v) is 7.86. The van der Waals surface area contributed by atoms with Crippen molar-refractivity contribution in [1.82, 2.24) is 0 Å². The fraction of sp³-hybridized carbons (Fsp3) is 0.647. The minimum Gasteiger partial charge on any atom is -0.390 e. The normalized spacial score (nSPS) is 35.5. The molecule has 118 valence electrons. The maximum Gasteiger partial charge on any atom is 0.0674 e. The highest BCUT2D eigenvalue weighted by Gasteiger charge is 2.49. The number of halogens is 1. The van der Waals surface area contributed by atoms with Gasteiger partial charge in [0.2, 0.25) is 0 Å². The first-order chi connectivity index (χ1) is 10.5. The first-order valence-corrected chi connectivity index (χ1v) is 8.40. The Morgan fingerprint density at radius 1 is 1.36 bits per heavy atom. The second-order valence-electron chi connectivity index (χ2n) is 7.05. The van der Waals surface area contributed by atoms with Crippen molar-refractivity contribution in [3.05, 3.63) is 46.3 Å². The van der Waals surface area contributed by atoms with E-state index in [0.29, 0.717) is 18.8 Å². The Bertz CT molecular complexity index is 575. The van der Waals surface area contributed by atoms with Gasteiger partial charge < -0.3 is 5.11 Å². The van der Waals surface area contributed by atoms with Crippen LogP contribution >= 0.6 is 11.6 Å². The molecule has 0 amide bonds. The summed E-state index contributed by atoms with van der Waals surface area (Å²) in [6.07, 6.45) is 6.11. The van der Waals surface area contributed by atoms with Gasteiger partial charge in [-0.15, -0.1) is 11.6 Å². The third-order valence-corrected chi connectivity index (χ3v) is 5.63. The first-order valence-electron chi connectivity index (χ1n) is 8.02. The molecule has 4 atom stereocenters. The SMILES string of the molecule is [N-]=[N+]=N[C@@H](C[C@@]1(O)CC2CCC[C@](Cl)(C2)C1)c1ccccc1. The summed E-state index contributed by atoms with van der Waals surface area (Å²) in [5.74, 6) is 0.493. The number of nitrogens with zero attached hydrogens (tertiary/aromatic N) is 3. The smallest absolute Gasteiger partial charge is 0.0674 e. The van der Waals surface area contributed by atoms with Gasteiger partial charge >= 0.3 is 0 Å². The van der Waals surface area contributed by atoms with Crippen molar-refractivity contribution in [2.24, 2.45) is 11.0 Å². The number of benzene rings is 1. The van der Waals surface area contributed by atoms with E-state index in [0.717, 1.165) is 37.7 Å². The van der Waals surface area contributed by atoms with E-state index in [4.69, 9.17) is 17.1 Å². The lowest BCUT2D eigenvalue weighted by Crippen LogP contribution is -2.48. The number of rotatable bonds is 4. The van der Waals surface area contributed by atoms with E-state index in [1.54, 1.807) is 0 Å². The predicted octanol–water partition coefficient (Wildman–Crippen LogP) is 5.12. The lowest BCUT2D eigenvalue weighted by molar-refractivity contribution is -0.0539. The molecule has 0 heterocycles. The maximum atomic E-state index is 11.1. The zero-order valence-corrected chi connectivity index (χ0v) is 13.4. The van der Waals surface area contributed by atoms with Crippen molar-refractivity contribution in [3.63, 3.8) is 0 Å². The molecule has 3 rings (SSSR count). The van der Waals surface area contributed by atoms with E-state index < -0.39 is 5.60 Å². The molecule has 2 aliphatic carbocycles. The van der Waals surface area contributed by atoms with Crippen LogP contribution in [-0.4, -0.2) is 15.6 Å². The number of aliphatic hydroxyl groups is 1. The van der Waals surface area contributed by atoms with Crippen LogP contribution in [0.4, 0.5) is 0 Å². The molecule has 4 nitrogen and oxygen atoms in total. The molecule has 0 radical (unpaired) electrons. The van der Waals surface area contributed by atoms with Crippen LogP contribution < -0.4 is 0 Å². The molecule has 22 heavy (non-hydrogen) atoms. The van der Waals surface area contributed by atoms with Gasteiger partial charge in [-0.05, 0) is 49.1 Å². The Morgan fingerprint density at radius 2 is 2.14 bits per heavy atom. The summed E-state index contributed by atoms with van der Waals surface area (Å²) in [6.45, 7) is 0. The Kier molecular flexibility index (Phi) is 4.35. The van der Waals surface area contributed by atoms with Crippen molar-refractivity contribution in [2.75, 3.05) is 0 Å². The number of hydrogen-bond donors (Lipinski definition) is 1. The van der Waals surface area contributed by atoms with Crippen LogP contribution in [0.5, 0.6) is 0 Å². The molecule has 0 aliphatic heterocycles. The van der Waals surface area contributed by atoms with E-state index in [1.165, 1.54) is 0 Å². The van der Waals surface area contributed by atoms with Crippen molar-refractivity contribution >= 4 is 11.6 Å². The Labute approximate surface area is 136 Å². The van der Waals surface area contributed by atoms with Crippen molar-refractivity contribution in [2.45, 2.75) is 61.5 Å². The van der Waals surface area contributed by atoms with Crippen LogP contribution in [0, 0.1) is 5.92 Å². The molecule has 0 aromatic heterocycles. The summed E-state index contributed by atoms with van der Waals surface area (Å²) >= 11 is 6.73. The van der Waals surface area contributed by atoms with Gasteiger partial charge in [0.1, 0.15) is 0 Å². The molecule has 1 N–H and O–H groups in total. The van der Waals surface area contributed by atoms with Gasteiger partial charge in [0.25, 0.3) is 0 Å². The largest absolute Gasteiger partial charge is 0.390 e. The summed E-state index contributed by atoms with van der Waals surface area (Å²) < 4.78 is 0. The molecule has 2 fully saturated rings. The van der Waals surface area contributed by atoms with Crippen molar-refractivity contribution in [3.8, 4) is 0 Å². The Balaban J connectivity index is 1.81. The van der Waals surface area contributed by atoms with Crippen LogP contribution in [0.3, 0.4) is 0 Å². The van der Waals surface area contributed by atoms with Gasteiger partial charge in [-0.3, -0.25) is 0 Å². The van der Waals surface area contributed by atoms with E-state index >= 15 is 0 Å². The summed E-state index contributed by atoms with van der Waals surface area (Å²) in [4.78, 5) is 2.71. The highest BCUT2D eigenvalue weighted by molar-refractivity contribution is 6.24. The monoisotopic (exact) mass is 319 g/mol. The summed E-state index contributed by atoms with van der Waals surface area (Å²) in [5, 5.41) is 15.1. The minimum atomic E-state index is -0.834. The van der Waals surface area contributed by atoms with Crippen molar-refractivity contribution in [1.29, 1.82) is 0 Å². The average Bonchev–Trinajstić information content (AvgIpc) is 2.46. The molecule has 1 aromatic rings. The number of fused-ring (bicyclic) bond motifs is 2. The number of azide groups is 1. The fourth-order valence-corrected chi connectivity index (χ4v) is 5.04. The average molecular weight is 320 g/mol. The van der Waals surface area contributed by atoms with Gasteiger partial charge in [-0.2, -0.15) is 0 Å². The zero-order valence-electron chi connectivity index (χ0n) is 12.7. The molecule has 1 unspecified atom stereocenters. The summed E-state index contributed by atoms with van der Waals surface area (Å²) in [6, 6.07) is 9.35. The van der Waals surface area contributed by atoms with Gasteiger partial charge in [0.05, 0.1) is 11.6 Å². The predicted molar refractivity (Wildman–Crippen MR) is 87.7 cm³/mol. The van der Waals surface area contributed by atoms with Crippen LogP contribution in [0.2, 0.25) is 0 Å². The number of hydrogen-bond acceptors (Lipinski definition) is 2. The number of alkyl halides is 1. The Morgan fingerprint density at radius 3 is 2.82 bits per heavy atom. The summed E-state index contributed by atoms with van der Waals surface area (Å²) in [5.41, 5.74) is 8.99. The lowest BCUT2D eigenvalue weighted by atomic mass is 9.64. The molecule has 1 aromatic carbocycles. The quantitative estimate of drug-likeness (QED) is 0.356. The van der Waals surface area contributed by atoms with Crippen LogP contribution in [0.1, 0.15) is 56.6 Å². The molecular weight excluding hydrogens is 298 g/mol. The van der Waals surface area contributed by atoms with E-state index in [1.807, 2.05) is 30.3 Å². The van der Waals surface area contributed by atoms with Gasteiger partial charge in [0, 0.05) is 9.79 Å². The van der Waals surface area contributed by atoms with E-state index in [2.05, 4.69) is 10.0 Å². The zero-order chi connectivity index (χ0) is 15.6. The third kappa shape index (κ3) is 3.40. The molecule has 2 bridgehead atoms. The fourth-order valence-electron chi connectivity index (χ4n) is 4.44.